The predicted octanol–water partition coefficient (Wildman–Crippen LogP) is -0.576. The largest absolute Gasteiger partial charge is 0.480 e. The minimum absolute atomic E-state index is 0.139. The first-order valence-electron chi connectivity index (χ1n) is 7.72. The number of ether oxygens (including phenoxy) is 1. The molecule has 2 heterocycles. The lowest BCUT2D eigenvalue weighted by Crippen LogP contribution is -2.51. The Hall–Kier alpha value is -1.98. The average Bonchev–Trinajstić information content (AvgIpc) is 3.01. The quantitative estimate of drug-likeness (QED) is 0.670. The van der Waals surface area contributed by atoms with E-state index in [1.54, 1.807) is 0 Å². The van der Waals surface area contributed by atoms with E-state index in [0.717, 1.165) is 10.6 Å². The van der Waals surface area contributed by atoms with Crippen LogP contribution in [0.1, 0.15) is 23.2 Å². The Labute approximate surface area is 145 Å². The van der Waals surface area contributed by atoms with Gasteiger partial charge in [0.15, 0.2) is 12.1 Å². The lowest BCUT2D eigenvalue weighted by atomic mass is 10.2. The fourth-order valence-electron chi connectivity index (χ4n) is 2.55. The van der Waals surface area contributed by atoms with Crippen molar-refractivity contribution in [2.75, 3.05) is 39.0 Å². The van der Waals surface area contributed by atoms with Gasteiger partial charge in [0.05, 0.1) is 19.0 Å². The molecule has 140 valence electrons. The molecule has 0 bridgehead atoms. The van der Waals surface area contributed by atoms with Crippen molar-refractivity contribution in [2.45, 2.75) is 19.4 Å². The van der Waals surface area contributed by atoms with Crippen LogP contribution in [0, 0.1) is 0 Å². The smallest absolute Gasteiger partial charge is 0.318 e. The fourth-order valence-corrected chi connectivity index (χ4v) is 3.34. The number of sulfonamides is 1. The van der Waals surface area contributed by atoms with Gasteiger partial charge in [-0.15, -0.1) is 0 Å². The lowest BCUT2D eigenvalue weighted by molar-refractivity contribution is -0.137. The number of rotatable bonds is 7. The maximum atomic E-state index is 12.6. The second-order valence-electron chi connectivity index (χ2n) is 5.67. The minimum atomic E-state index is -3.71. The molecule has 11 heteroatoms. The van der Waals surface area contributed by atoms with Crippen molar-refractivity contribution in [3.63, 3.8) is 0 Å². The monoisotopic (exact) mass is 375 g/mol. The van der Waals surface area contributed by atoms with Crippen LogP contribution in [0.3, 0.4) is 0 Å². The van der Waals surface area contributed by atoms with Gasteiger partial charge in [-0.05, 0) is 0 Å². The number of carbonyl (C=O) groups excluding carboxylic acids is 1. The Morgan fingerprint density at radius 1 is 1.48 bits per heavy atom. The number of hydrogen-bond donors (Lipinski definition) is 1. The van der Waals surface area contributed by atoms with Gasteiger partial charge >= 0.3 is 5.97 Å². The van der Waals surface area contributed by atoms with Crippen LogP contribution in [-0.2, 0) is 26.0 Å². The maximum absolute atomic E-state index is 12.6. The number of amides is 1. The van der Waals surface area contributed by atoms with Gasteiger partial charge in [-0.2, -0.15) is 4.31 Å². The van der Waals surface area contributed by atoms with E-state index in [2.05, 4.69) is 4.98 Å². The molecule has 1 saturated heterocycles. The van der Waals surface area contributed by atoms with Gasteiger partial charge in [0, 0.05) is 26.1 Å². The van der Waals surface area contributed by atoms with Crippen LogP contribution >= 0.6 is 0 Å². The lowest BCUT2D eigenvalue weighted by Gasteiger charge is -2.34. The van der Waals surface area contributed by atoms with Crippen LogP contribution in [0.4, 0.5) is 0 Å². The van der Waals surface area contributed by atoms with E-state index < -0.39 is 28.6 Å². The highest BCUT2D eigenvalue weighted by atomic mass is 32.2. The molecule has 1 aromatic heterocycles. The zero-order valence-electron chi connectivity index (χ0n) is 14.0. The van der Waals surface area contributed by atoms with Gasteiger partial charge in [0.2, 0.25) is 10.0 Å². The fraction of sp³-hybridized carbons (Fsp3) is 0.643. The number of aromatic nitrogens is 1. The van der Waals surface area contributed by atoms with Crippen LogP contribution in [-0.4, -0.2) is 84.7 Å². The second kappa shape index (κ2) is 7.93. The standard InChI is InChI=1S/C14H21N3O7S/c1-3-11-13(15-9-24-11)14(20)16-4-5-23-10(6-16)7-17(8-12(18)19)25(2,21)22/h9-10H,3-8H2,1-2H3,(H,18,19). The van der Waals surface area contributed by atoms with Crippen LogP contribution < -0.4 is 0 Å². The summed E-state index contributed by atoms with van der Waals surface area (Å²) in [5.74, 6) is -1.09. The molecule has 0 saturated carbocycles. The first kappa shape index (κ1) is 19.3. The van der Waals surface area contributed by atoms with Crippen LogP contribution in [0.2, 0.25) is 0 Å². The summed E-state index contributed by atoms with van der Waals surface area (Å²) in [6.07, 6.45) is 2.05. The zero-order chi connectivity index (χ0) is 18.6. The second-order valence-corrected chi connectivity index (χ2v) is 7.65. The first-order chi connectivity index (χ1) is 11.7. The van der Waals surface area contributed by atoms with Crippen LogP contribution in [0.15, 0.2) is 10.8 Å². The van der Waals surface area contributed by atoms with Gasteiger partial charge in [0.25, 0.3) is 5.91 Å². The maximum Gasteiger partial charge on any atom is 0.318 e. The number of carboxylic acid groups (broad SMARTS) is 1. The van der Waals surface area contributed by atoms with Crippen molar-refractivity contribution in [1.29, 1.82) is 0 Å². The molecule has 10 nitrogen and oxygen atoms in total. The van der Waals surface area contributed by atoms with Gasteiger partial charge < -0.3 is 19.2 Å². The molecule has 1 N–H and O–H groups in total. The number of oxazole rings is 1. The topological polar surface area (TPSA) is 130 Å². The Morgan fingerprint density at radius 2 is 2.20 bits per heavy atom. The van der Waals surface area contributed by atoms with Gasteiger partial charge in [0.1, 0.15) is 12.3 Å². The molecule has 2 rings (SSSR count). The highest BCUT2D eigenvalue weighted by Gasteiger charge is 2.31. The van der Waals surface area contributed by atoms with Crippen molar-refractivity contribution in [3.8, 4) is 0 Å². The third-order valence-electron chi connectivity index (χ3n) is 3.78. The minimum Gasteiger partial charge on any atom is -0.480 e. The van der Waals surface area contributed by atoms with E-state index in [1.165, 1.54) is 11.3 Å². The van der Waals surface area contributed by atoms with Crippen LogP contribution in [0.5, 0.6) is 0 Å². The molecule has 25 heavy (non-hydrogen) atoms. The Morgan fingerprint density at radius 3 is 2.80 bits per heavy atom. The normalized spacial score (nSPS) is 18.5. The summed E-state index contributed by atoms with van der Waals surface area (Å²) in [7, 11) is -3.71. The summed E-state index contributed by atoms with van der Waals surface area (Å²) in [4.78, 5) is 28.9. The SMILES string of the molecule is CCc1ocnc1C(=O)N1CCOC(CN(CC(=O)O)S(C)(=O)=O)C1. The van der Waals surface area contributed by atoms with E-state index in [4.69, 9.17) is 14.3 Å². The molecule has 1 fully saturated rings. The number of hydrogen-bond acceptors (Lipinski definition) is 7. The summed E-state index contributed by atoms with van der Waals surface area (Å²) >= 11 is 0. The summed E-state index contributed by atoms with van der Waals surface area (Å²) in [5, 5.41) is 8.87. The Balaban J connectivity index is 2.07. The van der Waals surface area contributed by atoms with E-state index in [9.17, 15) is 18.0 Å². The van der Waals surface area contributed by atoms with Gasteiger partial charge in [-0.25, -0.2) is 13.4 Å². The molecule has 0 aromatic carbocycles. The zero-order valence-corrected chi connectivity index (χ0v) is 14.9. The molecule has 1 aliphatic rings. The predicted molar refractivity (Wildman–Crippen MR) is 85.6 cm³/mol. The molecule has 1 aromatic rings. The first-order valence-corrected chi connectivity index (χ1v) is 9.57. The molecule has 0 radical (unpaired) electrons. The molecular weight excluding hydrogens is 354 g/mol. The third kappa shape index (κ3) is 5.00. The van der Waals surface area contributed by atoms with E-state index in [0.29, 0.717) is 18.7 Å². The number of morpholine rings is 1. The Kier molecular flexibility index (Phi) is 6.14. The van der Waals surface area contributed by atoms with E-state index in [1.807, 2.05) is 6.92 Å². The molecule has 1 amide bonds. The molecule has 1 aliphatic heterocycles. The van der Waals surface area contributed by atoms with Crippen molar-refractivity contribution < 1.29 is 32.3 Å². The van der Waals surface area contributed by atoms with Crippen molar-refractivity contribution in [2.24, 2.45) is 0 Å². The van der Waals surface area contributed by atoms with Crippen LogP contribution in [0.25, 0.3) is 0 Å². The summed E-state index contributed by atoms with van der Waals surface area (Å²) in [5.41, 5.74) is 0.230. The van der Waals surface area contributed by atoms with Gasteiger partial charge in [-0.3, -0.25) is 9.59 Å². The van der Waals surface area contributed by atoms with E-state index in [-0.39, 0.29) is 31.3 Å². The molecule has 1 unspecified atom stereocenters. The number of carbonyl (C=O) groups is 2. The van der Waals surface area contributed by atoms with Crippen molar-refractivity contribution in [3.05, 3.63) is 17.8 Å². The van der Waals surface area contributed by atoms with Gasteiger partial charge in [-0.1, -0.05) is 6.92 Å². The summed E-state index contributed by atoms with van der Waals surface area (Å²) in [6, 6.07) is 0. The molecule has 0 spiro atoms. The Bertz CT molecular complexity index is 731. The highest BCUT2D eigenvalue weighted by Crippen LogP contribution is 2.15. The number of carboxylic acids is 1. The third-order valence-corrected chi connectivity index (χ3v) is 4.99. The van der Waals surface area contributed by atoms with Crippen molar-refractivity contribution >= 4 is 21.9 Å². The summed E-state index contributed by atoms with van der Waals surface area (Å²) in [6.45, 7) is 1.74. The average molecular weight is 375 g/mol. The number of aryl methyl sites for hydroxylation is 1. The highest BCUT2D eigenvalue weighted by molar-refractivity contribution is 7.88. The number of nitrogens with zero attached hydrogens (tertiary/aromatic N) is 3. The summed E-state index contributed by atoms with van der Waals surface area (Å²) < 4.78 is 34.9. The van der Waals surface area contributed by atoms with E-state index >= 15 is 0 Å². The van der Waals surface area contributed by atoms with Crippen molar-refractivity contribution in [1.82, 2.24) is 14.2 Å². The molecule has 1 atom stereocenters. The molecule has 0 aliphatic carbocycles. The number of aliphatic carboxylic acids is 1. The molecular formula is C14H21N3O7S.